The van der Waals surface area contributed by atoms with Gasteiger partial charge < -0.3 is 23.8 Å². The number of rotatable bonds is 10. The van der Waals surface area contributed by atoms with Gasteiger partial charge in [0.2, 0.25) is 26.1 Å². The van der Waals surface area contributed by atoms with Gasteiger partial charge >= 0.3 is 0 Å². The van der Waals surface area contributed by atoms with E-state index in [0.717, 1.165) is 33.7 Å². The normalized spacial score (nSPS) is 23.9. The summed E-state index contributed by atoms with van der Waals surface area (Å²) in [4.78, 5) is 60.5. The highest BCUT2D eigenvalue weighted by Gasteiger charge is 2.67. The molecule has 5 heterocycles. The van der Waals surface area contributed by atoms with Crippen molar-refractivity contribution in [3.63, 3.8) is 0 Å². The second-order valence-electron chi connectivity index (χ2n) is 18.8. The van der Waals surface area contributed by atoms with E-state index >= 15 is 8.90 Å². The third kappa shape index (κ3) is 8.00. The Morgan fingerprint density at radius 2 is 1.36 bits per heavy atom. The minimum atomic E-state index is -3.71. The highest BCUT2D eigenvalue weighted by Crippen LogP contribution is 2.61. The molecule has 1 N–H and O–H groups in total. The molecular formula is C53H53FN6O6Si. The second kappa shape index (κ2) is 17.6. The van der Waals surface area contributed by atoms with Crippen molar-refractivity contribution in [3.8, 4) is 0 Å². The summed E-state index contributed by atoms with van der Waals surface area (Å²) >= 11 is 0. The predicted octanol–water partition coefficient (Wildman–Crippen LogP) is 8.41. The smallest absolute Gasteiger partial charge is 0.264 e. The van der Waals surface area contributed by atoms with Crippen LogP contribution >= 0.6 is 0 Å². The number of anilines is 3. The number of carbonyl (C=O) groups excluding carboxylic acids is 4. The third-order valence-corrected chi connectivity index (χ3v) is 16.7. The predicted molar refractivity (Wildman–Crippen MR) is 258 cm³/mol. The number of aliphatic hydroxyl groups is 1. The molecule has 12 nitrogen and oxygen atoms in total. The first-order valence-corrected chi connectivity index (χ1v) is 26.1. The number of ether oxygens (including phenoxy) is 1. The fraction of sp³-hybridized carbons (Fsp3) is 0.321. The number of fused-ring (bicyclic) bond motifs is 3. The molecule has 0 radical (unpaired) electrons. The Labute approximate surface area is 390 Å². The maximum atomic E-state index is 17.1. The van der Waals surface area contributed by atoms with Gasteiger partial charge in [0.15, 0.2) is 5.60 Å². The molecule has 1 spiro atoms. The number of benzene rings is 5. The molecule has 0 unspecified atom stereocenters. The molecule has 5 atom stereocenters. The standard InChI is InChI=1S/C53H53FN6O6Si/c1-34-51(67(2,3)54)47(30-50(64)57-32-39-19-11-10-18-38(39)28-42(57)33-61)66-53(34)43-29-41(60-49(63)26-23-45(56-60)37-16-8-5-9-17-37)21-24-46(43)58(52(53)65)31-35-13-12-20-40(27-35)59-48(62)25-22-44(55-59)36-14-6-4-7-15-36/h4-21,24,27,29,34,42,47,51,61H,22-23,25-26,28,30-33H2,1-3H3/t34-,42-,47+,51-,53+/m0/s1. The largest absolute Gasteiger partial charge is 0.394 e. The topological polar surface area (TPSA) is 135 Å². The van der Waals surface area contributed by atoms with Crippen LogP contribution in [-0.2, 0) is 49.0 Å². The number of hydrogen-bond donors (Lipinski definition) is 1. The molecule has 14 heteroatoms. The molecule has 0 bridgehead atoms. The molecule has 5 aromatic rings. The van der Waals surface area contributed by atoms with Gasteiger partial charge in [-0.05, 0) is 77.7 Å². The number of carbonyl (C=O) groups is 4. The summed E-state index contributed by atoms with van der Waals surface area (Å²) < 4.78 is 24.2. The molecule has 0 aromatic heterocycles. The van der Waals surface area contributed by atoms with Crippen molar-refractivity contribution in [2.45, 2.75) is 94.9 Å². The van der Waals surface area contributed by atoms with Gasteiger partial charge in [-0.25, -0.2) is 10.0 Å². The molecule has 67 heavy (non-hydrogen) atoms. The van der Waals surface area contributed by atoms with Crippen LogP contribution in [0.2, 0.25) is 18.6 Å². The number of hydrazone groups is 2. The first-order chi connectivity index (χ1) is 32.3. The lowest BCUT2D eigenvalue weighted by Crippen LogP contribution is -2.48. The van der Waals surface area contributed by atoms with Gasteiger partial charge in [0, 0.05) is 49.3 Å². The van der Waals surface area contributed by atoms with Crippen LogP contribution in [0.25, 0.3) is 0 Å². The number of amides is 4. The Kier molecular flexibility index (Phi) is 11.6. The zero-order chi connectivity index (χ0) is 46.6. The summed E-state index contributed by atoms with van der Waals surface area (Å²) in [6.45, 7) is 5.17. The quantitative estimate of drug-likeness (QED) is 0.111. The van der Waals surface area contributed by atoms with Crippen LogP contribution in [0.1, 0.15) is 72.4 Å². The van der Waals surface area contributed by atoms with Crippen LogP contribution in [0.5, 0.6) is 0 Å². The van der Waals surface area contributed by atoms with Crippen molar-refractivity contribution in [3.05, 3.63) is 161 Å². The molecule has 5 aromatic carbocycles. The Bertz CT molecular complexity index is 2840. The van der Waals surface area contributed by atoms with Gasteiger partial charge in [-0.15, -0.1) is 0 Å². The van der Waals surface area contributed by atoms with E-state index in [0.29, 0.717) is 54.0 Å². The Balaban J connectivity index is 1.04. The molecule has 0 aliphatic carbocycles. The van der Waals surface area contributed by atoms with Crippen molar-refractivity contribution in [1.29, 1.82) is 0 Å². The summed E-state index contributed by atoms with van der Waals surface area (Å²) in [5.74, 6) is -1.78. The van der Waals surface area contributed by atoms with Crippen LogP contribution < -0.4 is 14.9 Å². The van der Waals surface area contributed by atoms with Gasteiger partial charge in [-0.2, -0.15) is 10.2 Å². The highest BCUT2D eigenvalue weighted by atomic mass is 28.4. The summed E-state index contributed by atoms with van der Waals surface area (Å²) in [6, 6.07) is 39.5. The lowest BCUT2D eigenvalue weighted by Gasteiger charge is -2.37. The van der Waals surface area contributed by atoms with Gasteiger partial charge in [0.05, 0.1) is 60.2 Å². The van der Waals surface area contributed by atoms with Crippen LogP contribution in [0, 0.1) is 5.92 Å². The monoisotopic (exact) mass is 916 g/mol. The van der Waals surface area contributed by atoms with Crippen LogP contribution in [0.3, 0.4) is 0 Å². The zero-order valence-corrected chi connectivity index (χ0v) is 38.8. The van der Waals surface area contributed by atoms with Gasteiger partial charge in [0.25, 0.3) is 5.91 Å². The SMILES string of the molecule is C[C@H]1[C@H]([Si](C)(C)F)[C@@H](CC(=O)N2Cc3ccccc3C[C@H]2CO)O[C@]12C(=O)N(Cc1cccc(N3N=C(c4ccccc4)CCC3=O)c1)c1ccc(N3N=C(c4ccccc4)CCC3=O)cc12. The summed E-state index contributed by atoms with van der Waals surface area (Å²) in [7, 11) is -3.71. The molecule has 0 saturated carbocycles. The molecule has 10 rings (SSSR count). The molecule has 4 amide bonds. The van der Waals surface area contributed by atoms with E-state index in [-0.39, 0.29) is 50.1 Å². The molecule has 1 fully saturated rings. The number of halogens is 1. The summed E-state index contributed by atoms with van der Waals surface area (Å²) in [5, 5.41) is 22.9. The van der Waals surface area contributed by atoms with E-state index in [1.807, 2.05) is 116 Å². The van der Waals surface area contributed by atoms with Crippen LogP contribution in [0.4, 0.5) is 21.2 Å². The average molecular weight is 917 g/mol. The lowest BCUT2D eigenvalue weighted by atomic mass is 9.82. The van der Waals surface area contributed by atoms with E-state index in [1.165, 1.54) is 10.0 Å². The van der Waals surface area contributed by atoms with Crippen molar-refractivity contribution in [1.82, 2.24) is 4.90 Å². The van der Waals surface area contributed by atoms with E-state index in [4.69, 9.17) is 14.9 Å². The van der Waals surface area contributed by atoms with E-state index < -0.39 is 43.5 Å². The third-order valence-electron chi connectivity index (χ3n) is 14.2. The number of nitrogens with zero attached hydrogens (tertiary/aromatic N) is 6. The number of hydrogen-bond acceptors (Lipinski definition) is 8. The Morgan fingerprint density at radius 1 is 0.761 bits per heavy atom. The van der Waals surface area contributed by atoms with E-state index in [2.05, 4.69) is 0 Å². The molecule has 1 saturated heterocycles. The van der Waals surface area contributed by atoms with Gasteiger partial charge in [0.1, 0.15) is 0 Å². The van der Waals surface area contributed by atoms with Crippen molar-refractivity contribution >= 4 is 60.5 Å². The van der Waals surface area contributed by atoms with E-state index in [1.54, 1.807) is 41.1 Å². The minimum absolute atomic E-state index is 0.0726. The molecule has 5 aliphatic heterocycles. The molecule has 5 aliphatic rings. The number of aliphatic hydroxyl groups excluding tert-OH is 1. The maximum absolute atomic E-state index is 17.1. The van der Waals surface area contributed by atoms with Crippen molar-refractivity contribution in [2.75, 3.05) is 21.5 Å². The highest BCUT2D eigenvalue weighted by molar-refractivity contribution is 6.72. The molecule has 342 valence electrons. The van der Waals surface area contributed by atoms with Crippen LogP contribution in [-0.4, -0.2) is 72.2 Å². The first-order valence-electron chi connectivity index (χ1n) is 23.1. The first kappa shape index (κ1) is 44.2. The van der Waals surface area contributed by atoms with Crippen molar-refractivity contribution < 1.29 is 33.1 Å². The lowest BCUT2D eigenvalue weighted by molar-refractivity contribution is -0.151. The van der Waals surface area contributed by atoms with Gasteiger partial charge in [-0.3, -0.25) is 19.2 Å². The van der Waals surface area contributed by atoms with Crippen molar-refractivity contribution in [2.24, 2.45) is 16.1 Å². The second-order valence-corrected chi connectivity index (χ2v) is 22.6. The van der Waals surface area contributed by atoms with Crippen LogP contribution in [0.15, 0.2) is 138 Å². The fourth-order valence-corrected chi connectivity index (χ4v) is 13.5. The maximum Gasteiger partial charge on any atom is 0.264 e. The minimum Gasteiger partial charge on any atom is -0.394 e. The Hall–Kier alpha value is -6.61. The van der Waals surface area contributed by atoms with E-state index in [9.17, 15) is 19.5 Å². The summed E-state index contributed by atoms with van der Waals surface area (Å²) in [5.41, 5.74) is 5.61. The fourth-order valence-electron chi connectivity index (χ4n) is 11.0. The zero-order valence-electron chi connectivity index (χ0n) is 37.8. The average Bonchev–Trinajstić information content (AvgIpc) is 3.77. The van der Waals surface area contributed by atoms with Gasteiger partial charge in [-0.1, -0.05) is 104 Å². The summed E-state index contributed by atoms with van der Waals surface area (Å²) in [6.07, 6.45) is 0.817. The Morgan fingerprint density at radius 3 is 1.97 bits per heavy atom. The molecular weight excluding hydrogens is 864 g/mol.